The van der Waals surface area contributed by atoms with Crippen molar-refractivity contribution in [3.63, 3.8) is 0 Å². The minimum absolute atomic E-state index is 0.683. The fraction of sp³-hybridized carbons (Fsp3) is 0.250. The van der Waals surface area contributed by atoms with Gasteiger partial charge in [0, 0.05) is 6.20 Å². The van der Waals surface area contributed by atoms with Crippen LogP contribution < -0.4 is 5.32 Å². The summed E-state index contributed by atoms with van der Waals surface area (Å²) in [6, 6.07) is 0. The Bertz CT molecular complexity index is 201. The van der Waals surface area contributed by atoms with E-state index in [0.29, 0.717) is 0 Å². The van der Waals surface area contributed by atoms with Crippen LogP contribution in [0.25, 0.3) is 0 Å². The Morgan fingerprint density at radius 2 is 2.00 bits per heavy atom. The molecule has 0 rings (SSSR count). The third-order valence-electron chi connectivity index (χ3n) is 1.12. The predicted molar refractivity (Wildman–Crippen MR) is 42.3 cm³/mol. The monoisotopic (exact) mass is 177 g/mol. The van der Waals surface area contributed by atoms with Crippen LogP contribution in [0.5, 0.6) is 0 Å². The van der Waals surface area contributed by atoms with Gasteiger partial charge < -0.3 is 5.32 Å². The molecule has 0 aliphatic rings. The Morgan fingerprint density at radius 3 is 2.33 bits per heavy atom. The smallest absolute Gasteiger partial charge is 0.368 e. The van der Waals surface area contributed by atoms with Crippen LogP contribution in [0.2, 0.25) is 0 Å². The normalized spacial score (nSPS) is 13.5. The van der Waals surface area contributed by atoms with Gasteiger partial charge in [-0.1, -0.05) is 12.7 Å². The lowest BCUT2D eigenvalue weighted by molar-refractivity contribution is -0.0883. The Morgan fingerprint density at radius 1 is 1.42 bits per heavy atom. The highest BCUT2D eigenvalue weighted by Gasteiger charge is 2.30. The number of hydrogen-bond acceptors (Lipinski definition) is 1. The minimum atomic E-state index is -4.28. The summed E-state index contributed by atoms with van der Waals surface area (Å²) in [6.45, 7) is 4.62. The van der Waals surface area contributed by atoms with Crippen LogP contribution in [-0.4, -0.2) is 6.18 Å². The molecule has 0 atom stereocenters. The second kappa shape index (κ2) is 4.64. The number of nitrogens with one attached hydrogen (secondary N) is 1. The Hall–Kier alpha value is -1.19. The van der Waals surface area contributed by atoms with Crippen molar-refractivity contribution in [2.45, 2.75) is 13.1 Å². The van der Waals surface area contributed by atoms with E-state index in [-0.39, 0.29) is 0 Å². The SMILES string of the molecule is C=CN/C=C\C(=C/C)C(F)(F)F. The van der Waals surface area contributed by atoms with Gasteiger partial charge >= 0.3 is 6.18 Å². The van der Waals surface area contributed by atoms with Crippen LogP contribution in [-0.2, 0) is 0 Å². The van der Waals surface area contributed by atoms with Crippen LogP contribution in [0.3, 0.4) is 0 Å². The third-order valence-corrected chi connectivity index (χ3v) is 1.12. The molecule has 0 heterocycles. The first-order chi connectivity index (χ1) is 5.52. The first-order valence-corrected chi connectivity index (χ1v) is 3.29. The molecule has 68 valence electrons. The molecule has 12 heavy (non-hydrogen) atoms. The van der Waals surface area contributed by atoms with Crippen molar-refractivity contribution in [3.8, 4) is 0 Å². The van der Waals surface area contributed by atoms with Gasteiger partial charge in [-0.15, -0.1) is 0 Å². The molecule has 1 N–H and O–H groups in total. The van der Waals surface area contributed by atoms with Gasteiger partial charge in [0.25, 0.3) is 0 Å². The maximum absolute atomic E-state index is 12.0. The maximum Gasteiger partial charge on any atom is 0.416 e. The van der Waals surface area contributed by atoms with E-state index in [1.807, 2.05) is 0 Å². The third kappa shape index (κ3) is 3.85. The average Bonchev–Trinajstić information content (AvgIpc) is 1.95. The minimum Gasteiger partial charge on any atom is -0.368 e. The highest BCUT2D eigenvalue weighted by molar-refractivity contribution is 5.22. The molecule has 1 nitrogen and oxygen atoms in total. The van der Waals surface area contributed by atoms with E-state index in [9.17, 15) is 13.2 Å². The van der Waals surface area contributed by atoms with Crippen LogP contribution in [0.4, 0.5) is 13.2 Å². The molecular formula is C8H10F3N. The zero-order valence-electron chi connectivity index (χ0n) is 6.65. The van der Waals surface area contributed by atoms with Crippen molar-refractivity contribution >= 4 is 0 Å². The lowest BCUT2D eigenvalue weighted by Crippen LogP contribution is -2.10. The van der Waals surface area contributed by atoms with E-state index in [2.05, 4.69) is 11.9 Å². The average molecular weight is 177 g/mol. The summed E-state index contributed by atoms with van der Waals surface area (Å²) in [6.07, 6.45) is 0.132. The van der Waals surface area contributed by atoms with Crippen molar-refractivity contribution in [2.24, 2.45) is 0 Å². The summed E-state index contributed by atoms with van der Waals surface area (Å²) in [5.41, 5.74) is -0.683. The molecule has 0 radical (unpaired) electrons. The summed E-state index contributed by atoms with van der Waals surface area (Å²) >= 11 is 0. The number of rotatable bonds is 3. The molecule has 0 spiro atoms. The number of halogens is 3. The highest BCUT2D eigenvalue weighted by Crippen LogP contribution is 2.25. The molecule has 0 aliphatic heterocycles. The first-order valence-electron chi connectivity index (χ1n) is 3.29. The molecule has 0 aromatic rings. The van der Waals surface area contributed by atoms with E-state index in [1.165, 1.54) is 19.3 Å². The van der Waals surface area contributed by atoms with E-state index >= 15 is 0 Å². The quantitative estimate of drug-likeness (QED) is 0.653. The molecule has 0 aromatic carbocycles. The van der Waals surface area contributed by atoms with Gasteiger partial charge in [0.15, 0.2) is 0 Å². The Kier molecular flexibility index (Phi) is 4.18. The van der Waals surface area contributed by atoms with Crippen LogP contribution >= 0.6 is 0 Å². The molecule has 0 aromatic heterocycles. The van der Waals surface area contributed by atoms with Gasteiger partial charge in [-0.3, -0.25) is 0 Å². The van der Waals surface area contributed by atoms with Crippen molar-refractivity contribution in [1.29, 1.82) is 0 Å². The van der Waals surface area contributed by atoms with E-state index < -0.39 is 11.7 Å². The predicted octanol–water partition coefficient (Wildman–Crippen LogP) is 2.74. The zero-order chi connectivity index (χ0) is 9.61. The van der Waals surface area contributed by atoms with Gasteiger partial charge in [-0.05, 0) is 19.2 Å². The van der Waals surface area contributed by atoms with E-state index in [4.69, 9.17) is 0 Å². The van der Waals surface area contributed by atoms with Crippen molar-refractivity contribution < 1.29 is 13.2 Å². The molecule has 0 fully saturated rings. The van der Waals surface area contributed by atoms with Crippen LogP contribution in [0.1, 0.15) is 6.92 Å². The molecule has 0 saturated carbocycles. The molecule has 0 aliphatic carbocycles. The fourth-order valence-corrected chi connectivity index (χ4v) is 0.560. The van der Waals surface area contributed by atoms with Gasteiger partial charge in [0.2, 0.25) is 0 Å². The Balaban J connectivity index is 4.30. The lowest BCUT2D eigenvalue weighted by atomic mass is 10.2. The summed E-state index contributed by atoms with van der Waals surface area (Å²) in [5.74, 6) is 0. The summed E-state index contributed by atoms with van der Waals surface area (Å²) in [4.78, 5) is 0. The largest absolute Gasteiger partial charge is 0.416 e. The second-order valence-electron chi connectivity index (χ2n) is 1.95. The van der Waals surface area contributed by atoms with Crippen molar-refractivity contribution in [3.05, 3.63) is 36.7 Å². The maximum atomic E-state index is 12.0. The molecular weight excluding hydrogens is 167 g/mol. The van der Waals surface area contributed by atoms with Crippen molar-refractivity contribution in [2.75, 3.05) is 0 Å². The molecule has 0 bridgehead atoms. The molecule has 0 amide bonds. The highest BCUT2D eigenvalue weighted by atomic mass is 19.4. The molecule has 0 saturated heterocycles. The molecule has 0 unspecified atom stereocenters. The zero-order valence-corrected chi connectivity index (χ0v) is 6.65. The standard InChI is InChI=1S/C8H10F3N/c1-3-7(8(9,10)11)5-6-12-4-2/h3-6,12H,2H2,1H3/b6-5-,7-3+. The van der Waals surface area contributed by atoms with Crippen LogP contribution in [0, 0.1) is 0 Å². The van der Waals surface area contributed by atoms with Crippen LogP contribution in [0.15, 0.2) is 36.7 Å². The second-order valence-corrected chi connectivity index (χ2v) is 1.95. The first kappa shape index (κ1) is 10.8. The van der Waals surface area contributed by atoms with Gasteiger partial charge in [0.1, 0.15) is 0 Å². The fourth-order valence-electron chi connectivity index (χ4n) is 0.560. The topological polar surface area (TPSA) is 12.0 Å². The molecule has 4 heteroatoms. The summed E-state index contributed by atoms with van der Waals surface area (Å²) < 4.78 is 35.9. The lowest BCUT2D eigenvalue weighted by Gasteiger charge is -2.05. The van der Waals surface area contributed by atoms with Crippen molar-refractivity contribution in [1.82, 2.24) is 5.32 Å². The van der Waals surface area contributed by atoms with Gasteiger partial charge in [0.05, 0.1) is 5.57 Å². The Labute approximate surface area is 69.3 Å². The van der Waals surface area contributed by atoms with Gasteiger partial charge in [-0.2, -0.15) is 13.2 Å². The van der Waals surface area contributed by atoms with Gasteiger partial charge in [-0.25, -0.2) is 0 Å². The summed E-state index contributed by atoms with van der Waals surface area (Å²) in [5, 5.41) is 2.43. The van der Waals surface area contributed by atoms with E-state index in [0.717, 1.165) is 12.2 Å². The number of alkyl halides is 3. The number of allylic oxidation sites excluding steroid dienone is 3. The summed E-state index contributed by atoms with van der Waals surface area (Å²) in [7, 11) is 0. The van der Waals surface area contributed by atoms with E-state index in [1.54, 1.807) is 0 Å². The number of hydrogen-bond donors (Lipinski definition) is 1.